The molecule has 5 nitrogen and oxygen atoms in total. The molecule has 20 heavy (non-hydrogen) atoms. The van der Waals surface area contributed by atoms with Gasteiger partial charge in [0.1, 0.15) is 0 Å². The van der Waals surface area contributed by atoms with E-state index in [1.807, 2.05) is 18.2 Å². The standard InChI is InChI=1S/C14H18N2O3S/c1-10-3-4-12(9-11(10)2)13-15-16-14(19-13)20-8-7-18-6-5-17/h3-4,9,17H,5-8H2,1-2H3. The molecule has 0 radical (unpaired) electrons. The molecule has 1 aromatic heterocycles. The van der Waals surface area contributed by atoms with Gasteiger partial charge < -0.3 is 14.3 Å². The lowest BCUT2D eigenvalue weighted by Gasteiger charge is -2.01. The number of nitrogens with zero attached hydrogens (tertiary/aromatic N) is 2. The van der Waals surface area contributed by atoms with Crippen LogP contribution in [-0.4, -0.2) is 40.9 Å². The van der Waals surface area contributed by atoms with Crippen LogP contribution in [0.1, 0.15) is 11.1 Å². The Morgan fingerprint density at radius 2 is 2.05 bits per heavy atom. The summed E-state index contributed by atoms with van der Waals surface area (Å²) in [5, 5.41) is 17.2. The Kier molecular flexibility index (Phi) is 5.58. The number of thioether (sulfide) groups is 1. The van der Waals surface area contributed by atoms with Gasteiger partial charge in [-0.2, -0.15) is 0 Å². The van der Waals surface area contributed by atoms with Gasteiger partial charge in [-0.3, -0.25) is 0 Å². The van der Waals surface area contributed by atoms with Gasteiger partial charge in [-0.25, -0.2) is 0 Å². The SMILES string of the molecule is Cc1ccc(-c2nnc(SCCOCCO)o2)cc1C. The summed E-state index contributed by atoms with van der Waals surface area (Å²) in [5.74, 6) is 1.25. The third-order valence-electron chi connectivity index (χ3n) is 2.85. The van der Waals surface area contributed by atoms with E-state index >= 15 is 0 Å². The number of aromatic nitrogens is 2. The number of hydrogen-bond donors (Lipinski definition) is 1. The normalized spacial score (nSPS) is 10.9. The van der Waals surface area contributed by atoms with Crippen molar-refractivity contribution >= 4 is 11.8 Å². The van der Waals surface area contributed by atoms with Crippen LogP contribution >= 0.6 is 11.8 Å². The van der Waals surface area contributed by atoms with Crippen molar-refractivity contribution in [1.29, 1.82) is 0 Å². The molecule has 1 N–H and O–H groups in total. The number of aliphatic hydroxyl groups excluding tert-OH is 1. The smallest absolute Gasteiger partial charge is 0.276 e. The van der Waals surface area contributed by atoms with Crippen LogP contribution in [0, 0.1) is 13.8 Å². The fourth-order valence-electron chi connectivity index (χ4n) is 1.61. The number of hydrogen-bond acceptors (Lipinski definition) is 6. The molecule has 0 bridgehead atoms. The van der Waals surface area contributed by atoms with Gasteiger partial charge in [-0.05, 0) is 37.1 Å². The maximum absolute atomic E-state index is 8.58. The monoisotopic (exact) mass is 294 g/mol. The van der Waals surface area contributed by atoms with Crippen LogP contribution in [0.2, 0.25) is 0 Å². The van der Waals surface area contributed by atoms with E-state index in [2.05, 4.69) is 24.0 Å². The molecule has 0 amide bonds. The Hall–Kier alpha value is -1.37. The first kappa shape index (κ1) is 15.0. The molecule has 0 saturated carbocycles. The minimum absolute atomic E-state index is 0.0438. The van der Waals surface area contributed by atoms with Crippen molar-refractivity contribution in [2.24, 2.45) is 0 Å². The van der Waals surface area contributed by atoms with E-state index < -0.39 is 0 Å². The van der Waals surface area contributed by atoms with Gasteiger partial charge in [0.25, 0.3) is 5.22 Å². The van der Waals surface area contributed by atoms with E-state index in [-0.39, 0.29) is 6.61 Å². The van der Waals surface area contributed by atoms with Gasteiger partial charge in [-0.1, -0.05) is 17.8 Å². The van der Waals surface area contributed by atoms with Crippen molar-refractivity contribution in [3.8, 4) is 11.5 Å². The highest BCUT2D eigenvalue weighted by Crippen LogP contribution is 2.24. The van der Waals surface area contributed by atoms with Crippen LogP contribution in [0.4, 0.5) is 0 Å². The first-order valence-electron chi connectivity index (χ1n) is 6.43. The summed E-state index contributed by atoms with van der Waals surface area (Å²) >= 11 is 1.45. The number of benzene rings is 1. The summed E-state index contributed by atoms with van der Waals surface area (Å²) in [4.78, 5) is 0. The van der Waals surface area contributed by atoms with E-state index in [4.69, 9.17) is 14.3 Å². The molecule has 0 aliphatic rings. The number of ether oxygens (including phenoxy) is 1. The quantitative estimate of drug-likeness (QED) is 0.625. The second-order valence-corrected chi connectivity index (χ2v) is 5.40. The Bertz CT molecular complexity index is 557. The van der Waals surface area contributed by atoms with Gasteiger partial charge in [0.05, 0.1) is 19.8 Å². The third-order valence-corrected chi connectivity index (χ3v) is 3.63. The lowest BCUT2D eigenvalue weighted by atomic mass is 10.1. The van der Waals surface area contributed by atoms with Crippen LogP contribution in [0.15, 0.2) is 27.8 Å². The fourth-order valence-corrected chi connectivity index (χ4v) is 2.23. The lowest BCUT2D eigenvalue weighted by Crippen LogP contribution is -2.02. The Labute approximate surface area is 122 Å². The molecule has 108 valence electrons. The number of aryl methyl sites for hydroxylation is 2. The van der Waals surface area contributed by atoms with Crippen molar-refractivity contribution in [3.05, 3.63) is 29.3 Å². The van der Waals surface area contributed by atoms with E-state index in [0.717, 1.165) is 5.56 Å². The van der Waals surface area contributed by atoms with Crippen LogP contribution < -0.4 is 0 Å². The lowest BCUT2D eigenvalue weighted by molar-refractivity contribution is 0.103. The second kappa shape index (κ2) is 7.42. The molecular weight excluding hydrogens is 276 g/mol. The van der Waals surface area contributed by atoms with Gasteiger partial charge in [-0.15, -0.1) is 10.2 Å². The fraction of sp³-hybridized carbons (Fsp3) is 0.429. The van der Waals surface area contributed by atoms with Gasteiger partial charge in [0.15, 0.2) is 0 Å². The minimum atomic E-state index is 0.0438. The molecule has 0 aliphatic heterocycles. The molecule has 1 heterocycles. The summed E-state index contributed by atoms with van der Waals surface area (Å²) in [6, 6.07) is 6.07. The summed E-state index contributed by atoms with van der Waals surface area (Å²) in [7, 11) is 0. The zero-order valence-electron chi connectivity index (χ0n) is 11.6. The Morgan fingerprint density at radius 1 is 1.20 bits per heavy atom. The molecule has 0 fully saturated rings. The average molecular weight is 294 g/mol. The van der Waals surface area contributed by atoms with Crippen LogP contribution in [0.25, 0.3) is 11.5 Å². The maximum atomic E-state index is 8.58. The molecule has 2 aromatic rings. The average Bonchev–Trinajstić information content (AvgIpc) is 2.90. The summed E-state index contributed by atoms with van der Waals surface area (Å²) in [6.45, 7) is 5.08. The van der Waals surface area contributed by atoms with E-state index in [1.165, 1.54) is 22.9 Å². The molecular formula is C14H18N2O3S. The van der Waals surface area contributed by atoms with Crippen molar-refractivity contribution in [2.75, 3.05) is 25.6 Å². The largest absolute Gasteiger partial charge is 0.411 e. The Balaban J connectivity index is 1.93. The third kappa shape index (κ3) is 4.06. The van der Waals surface area contributed by atoms with Crippen LogP contribution in [0.3, 0.4) is 0 Å². The van der Waals surface area contributed by atoms with E-state index in [1.54, 1.807) is 0 Å². The van der Waals surface area contributed by atoms with Gasteiger partial charge in [0.2, 0.25) is 5.89 Å². The molecule has 0 spiro atoms. The number of rotatable bonds is 7. The van der Waals surface area contributed by atoms with E-state index in [9.17, 15) is 0 Å². The summed E-state index contributed by atoms with van der Waals surface area (Å²) in [6.07, 6.45) is 0. The molecule has 0 saturated heterocycles. The highest BCUT2D eigenvalue weighted by molar-refractivity contribution is 7.99. The molecule has 0 aliphatic carbocycles. The summed E-state index contributed by atoms with van der Waals surface area (Å²) in [5.41, 5.74) is 3.38. The first-order valence-corrected chi connectivity index (χ1v) is 7.42. The minimum Gasteiger partial charge on any atom is -0.411 e. The Morgan fingerprint density at radius 3 is 2.80 bits per heavy atom. The molecule has 0 unspecified atom stereocenters. The first-order chi connectivity index (χ1) is 9.70. The van der Waals surface area contributed by atoms with Gasteiger partial charge >= 0.3 is 0 Å². The predicted octanol–water partition coefficient (Wildman–Crippen LogP) is 2.45. The topological polar surface area (TPSA) is 68.4 Å². The van der Waals surface area contributed by atoms with Crippen molar-refractivity contribution in [3.63, 3.8) is 0 Å². The second-order valence-electron chi connectivity index (χ2n) is 4.36. The van der Waals surface area contributed by atoms with Crippen molar-refractivity contribution in [2.45, 2.75) is 19.1 Å². The van der Waals surface area contributed by atoms with E-state index in [0.29, 0.717) is 30.1 Å². The molecule has 2 rings (SSSR count). The van der Waals surface area contributed by atoms with Gasteiger partial charge in [0, 0.05) is 11.3 Å². The highest BCUT2D eigenvalue weighted by Gasteiger charge is 2.09. The van der Waals surface area contributed by atoms with Crippen LogP contribution in [-0.2, 0) is 4.74 Å². The van der Waals surface area contributed by atoms with Crippen molar-refractivity contribution < 1.29 is 14.3 Å². The highest BCUT2D eigenvalue weighted by atomic mass is 32.2. The predicted molar refractivity (Wildman–Crippen MR) is 77.8 cm³/mol. The zero-order valence-corrected chi connectivity index (χ0v) is 12.4. The summed E-state index contributed by atoms with van der Waals surface area (Å²) < 4.78 is 10.8. The molecule has 0 atom stereocenters. The zero-order chi connectivity index (χ0) is 14.4. The maximum Gasteiger partial charge on any atom is 0.276 e. The molecule has 1 aromatic carbocycles. The number of aliphatic hydroxyl groups is 1. The molecule has 6 heteroatoms. The van der Waals surface area contributed by atoms with Crippen LogP contribution in [0.5, 0.6) is 0 Å². The van der Waals surface area contributed by atoms with Crippen molar-refractivity contribution in [1.82, 2.24) is 10.2 Å².